The van der Waals surface area contributed by atoms with E-state index in [2.05, 4.69) is 10.5 Å². The molecule has 6 nitrogen and oxygen atoms in total. The van der Waals surface area contributed by atoms with E-state index in [0.717, 1.165) is 11.1 Å². The molecule has 0 aromatic heterocycles. The average molecular weight is 491 g/mol. The zero-order valence-electron chi connectivity index (χ0n) is 19.2. The molecule has 0 spiro atoms. The van der Waals surface area contributed by atoms with Crippen molar-refractivity contribution < 1.29 is 27.2 Å². The highest BCUT2D eigenvalue weighted by Gasteiger charge is 2.44. The molecule has 10 heteroatoms. The van der Waals surface area contributed by atoms with E-state index in [1.54, 1.807) is 6.07 Å². The molecule has 0 aliphatic carbocycles. The Morgan fingerprint density at radius 2 is 1.77 bits per heavy atom. The van der Waals surface area contributed by atoms with E-state index in [9.17, 15) is 27.2 Å². The normalized spacial score (nSPS) is 20.7. The number of rotatable bonds is 7. The van der Waals surface area contributed by atoms with Gasteiger partial charge in [0.1, 0.15) is 5.82 Å². The smallest absolute Gasteiger partial charge is 0.338 e. The van der Waals surface area contributed by atoms with Gasteiger partial charge in [-0.05, 0) is 42.0 Å². The Bertz CT molecular complexity index is 1120. The molecule has 2 aliphatic heterocycles. The minimum atomic E-state index is -4.25. The minimum absolute atomic E-state index is 0.0539. The van der Waals surface area contributed by atoms with Gasteiger partial charge in [-0.15, -0.1) is 0 Å². The highest BCUT2D eigenvalue weighted by Crippen LogP contribution is 2.33. The Morgan fingerprint density at radius 1 is 1.09 bits per heavy atom. The van der Waals surface area contributed by atoms with Crippen LogP contribution in [-0.2, 0) is 11.2 Å². The lowest BCUT2D eigenvalue weighted by atomic mass is 9.97. The van der Waals surface area contributed by atoms with Crippen molar-refractivity contribution in [1.29, 1.82) is 0 Å². The quantitative estimate of drug-likeness (QED) is 0.280. The van der Waals surface area contributed by atoms with E-state index in [1.807, 2.05) is 31.2 Å². The second-order valence-corrected chi connectivity index (χ2v) is 9.15. The van der Waals surface area contributed by atoms with Crippen molar-refractivity contribution in [3.05, 3.63) is 70.5 Å². The highest BCUT2D eigenvalue weighted by molar-refractivity contribution is 6.03. The second-order valence-electron chi connectivity index (χ2n) is 9.15. The van der Waals surface area contributed by atoms with Crippen LogP contribution in [0.1, 0.15) is 27.0 Å². The first-order chi connectivity index (χ1) is 16.6. The van der Waals surface area contributed by atoms with Gasteiger partial charge in [-0.25, -0.2) is 9.82 Å². The predicted molar refractivity (Wildman–Crippen MR) is 122 cm³/mol. The summed E-state index contributed by atoms with van der Waals surface area (Å²) in [6.45, 7) is 2.12. The van der Waals surface area contributed by atoms with Crippen molar-refractivity contribution in [2.24, 2.45) is 16.9 Å². The third-order valence-electron chi connectivity index (χ3n) is 6.59. The molecule has 2 aromatic rings. The topological polar surface area (TPSA) is 65.0 Å². The van der Waals surface area contributed by atoms with Gasteiger partial charge in [-0.1, -0.05) is 30.3 Å². The van der Waals surface area contributed by atoms with Crippen LogP contribution in [0.15, 0.2) is 47.6 Å². The number of alkyl halides is 3. The summed E-state index contributed by atoms with van der Waals surface area (Å²) in [5.74, 6) is -1.24. The van der Waals surface area contributed by atoms with Crippen LogP contribution in [0.25, 0.3) is 0 Å². The molecule has 35 heavy (non-hydrogen) atoms. The summed E-state index contributed by atoms with van der Waals surface area (Å²) in [4.78, 5) is 26.9. The fourth-order valence-electron chi connectivity index (χ4n) is 5.04. The number of halogens is 4. The van der Waals surface area contributed by atoms with Gasteiger partial charge in [0.05, 0.1) is 17.8 Å². The van der Waals surface area contributed by atoms with E-state index in [-0.39, 0.29) is 36.9 Å². The van der Waals surface area contributed by atoms with E-state index >= 15 is 0 Å². The lowest BCUT2D eigenvalue weighted by Gasteiger charge is -2.22. The molecule has 1 N–H and O–H groups in total. The summed E-state index contributed by atoms with van der Waals surface area (Å²) in [6, 6.07) is 11.8. The van der Waals surface area contributed by atoms with Crippen LogP contribution in [0.5, 0.6) is 0 Å². The number of hydrogen-bond acceptors (Lipinski definition) is 4. The highest BCUT2D eigenvalue weighted by atomic mass is 19.4. The molecule has 2 atom stereocenters. The number of amides is 2. The molecule has 0 radical (unpaired) electrons. The van der Waals surface area contributed by atoms with Crippen molar-refractivity contribution in [1.82, 2.24) is 15.2 Å². The van der Waals surface area contributed by atoms with Crippen LogP contribution in [0.3, 0.4) is 0 Å². The summed E-state index contributed by atoms with van der Waals surface area (Å²) in [7, 11) is 0. The number of nitrogens with zero attached hydrogens (tertiary/aromatic N) is 3. The maximum atomic E-state index is 14.7. The Kier molecular flexibility index (Phi) is 7.20. The minimum Gasteiger partial charge on any atom is -0.338 e. The number of nitrogens with one attached hydrogen (secondary N) is 1. The lowest BCUT2D eigenvalue weighted by molar-refractivity contribution is -0.144. The van der Waals surface area contributed by atoms with Crippen molar-refractivity contribution in [2.45, 2.75) is 19.5 Å². The molecule has 2 fully saturated rings. The first kappa shape index (κ1) is 24.8. The maximum Gasteiger partial charge on any atom is 0.401 e. The molecular weight excluding hydrogens is 464 g/mol. The lowest BCUT2D eigenvalue weighted by Crippen LogP contribution is -2.37. The number of carbonyl (C=O) groups is 2. The molecule has 0 bridgehead atoms. The molecule has 2 aromatic carbocycles. The summed E-state index contributed by atoms with van der Waals surface area (Å²) >= 11 is 0. The zero-order valence-corrected chi connectivity index (χ0v) is 19.2. The van der Waals surface area contributed by atoms with Gasteiger partial charge in [0.2, 0.25) is 6.41 Å². The number of hydrazone groups is 1. The van der Waals surface area contributed by atoms with Crippen molar-refractivity contribution >= 4 is 18.0 Å². The number of benzene rings is 2. The standard InChI is InChI=1S/C25H26F4N4O2/c1-16-4-2-3-5-20(16)23(31-30-15-34)9-17-6-7-22(26)21(8-17)24(35)33-12-18-10-32(11-19(18)13-33)14-25(27,28)29/h2-8,15,18-19H,9-14H2,1H3,(H,30,34). The van der Waals surface area contributed by atoms with Crippen molar-refractivity contribution in [3.8, 4) is 0 Å². The van der Waals surface area contributed by atoms with Gasteiger partial charge in [0.25, 0.3) is 5.91 Å². The van der Waals surface area contributed by atoms with E-state index in [4.69, 9.17) is 0 Å². The summed E-state index contributed by atoms with van der Waals surface area (Å²) in [5, 5.41) is 4.14. The molecule has 2 amide bonds. The summed E-state index contributed by atoms with van der Waals surface area (Å²) < 4.78 is 52.8. The Hall–Kier alpha value is -3.27. The summed E-state index contributed by atoms with van der Waals surface area (Å²) in [5.41, 5.74) is 5.19. The molecule has 2 unspecified atom stereocenters. The number of fused-ring (bicyclic) bond motifs is 1. The fraction of sp³-hybridized carbons (Fsp3) is 0.400. The molecule has 2 aliphatic rings. The van der Waals surface area contributed by atoms with Crippen LogP contribution < -0.4 is 5.43 Å². The third-order valence-corrected chi connectivity index (χ3v) is 6.59. The number of aryl methyl sites for hydroxylation is 1. The van der Waals surface area contributed by atoms with Crippen LogP contribution in [0, 0.1) is 24.6 Å². The van der Waals surface area contributed by atoms with Gasteiger partial charge in [-0.3, -0.25) is 14.5 Å². The monoisotopic (exact) mass is 490 g/mol. The van der Waals surface area contributed by atoms with Crippen molar-refractivity contribution in [3.63, 3.8) is 0 Å². The van der Waals surface area contributed by atoms with Crippen molar-refractivity contribution in [2.75, 3.05) is 32.7 Å². The number of carbonyl (C=O) groups excluding carboxylic acids is 2. The first-order valence-electron chi connectivity index (χ1n) is 11.3. The zero-order chi connectivity index (χ0) is 25.2. The SMILES string of the molecule is Cc1ccccc1C(Cc1ccc(F)c(C(=O)N2CC3CN(CC(F)(F)F)CC3C2)c1)=NNC=O. The number of likely N-dealkylation sites (tertiary alicyclic amines) is 2. The first-order valence-corrected chi connectivity index (χ1v) is 11.3. The van der Waals surface area contributed by atoms with E-state index < -0.39 is 24.4 Å². The van der Waals surface area contributed by atoms with Crippen LogP contribution >= 0.6 is 0 Å². The predicted octanol–water partition coefficient (Wildman–Crippen LogP) is 3.39. The summed E-state index contributed by atoms with van der Waals surface area (Å²) in [6.07, 6.45) is -3.54. The van der Waals surface area contributed by atoms with Gasteiger partial charge in [-0.2, -0.15) is 18.3 Å². The van der Waals surface area contributed by atoms with Gasteiger partial charge >= 0.3 is 6.18 Å². The largest absolute Gasteiger partial charge is 0.401 e. The van der Waals surface area contributed by atoms with Crippen LogP contribution in [-0.4, -0.2) is 66.7 Å². The average Bonchev–Trinajstić information content (AvgIpc) is 3.35. The van der Waals surface area contributed by atoms with Gasteiger partial charge < -0.3 is 4.90 Å². The van der Waals surface area contributed by atoms with E-state index in [0.29, 0.717) is 30.8 Å². The Labute approximate surface area is 200 Å². The fourth-order valence-corrected chi connectivity index (χ4v) is 5.04. The third kappa shape index (κ3) is 5.87. The Morgan fingerprint density at radius 3 is 2.40 bits per heavy atom. The van der Waals surface area contributed by atoms with Gasteiger partial charge in [0, 0.05) is 38.2 Å². The van der Waals surface area contributed by atoms with Gasteiger partial charge in [0.15, 0.2) is 0 Å². The Balaban J connectivity index is 1.48. The molecule has 186 valence electrons. The molecule has 0 saturated carbocycles. The van der Waals surface area contributed by atoms with Crippen LogP contribution in [0.4, 0.5) is 17.6 Å². The maximum absolute atomic E-state index is 14.7. The second kappa shape index (κ2) is 10.2. The molecule has 2 saturated heterocycles. The number of hydrogen-bond donors (Lipinski definition) is 1. The van der Waals surface area contributed by atoms with Crippen LogP contribution in [0.2, 0.25) is 0 Å². The van der Waals surface area contributed by atoms with E-state index in [1.165, 1.54) is 21.9 Å². The molecular formula is C25H26F4N4O2. The molecule has 4 rings (SSSR count). The molecule has 2 heterocycles.